The maximum Gasteiger partial charge on any atom is 0.224 e. The fourth-order valence-electron chi connectivity index (χ4n) is 6.47. The topological polar surface area (TPSA) is 123 Å². The summed E-state index contributed by atoms with van der Waals surface area (Å²) in [5.41, 5.74) is 7.59. The number of pyridine rings is 1. The number of benzene rings is 2. The molecule has 3 aromatic heterocycles. The van der Waals surface area contributed by atoms with Gasteiger partial charge < -0.3 is 30.6 Å². The van der Waals surface area contributed by atoms with Crippen LogP contribution in [-0.2, 0) is 4.79 Å². The molecule has 11 heteroatoms. The Morgan fingerprint density at radius 1 is 1.04 bits per heavy atom. The third kappa shape index (κ3) is 6.83. The molecule has 0 radical (unpaired) electrons. The standard InChI is InChI=1S/C37H41FN8O2/c1-22-33(43-36(47)12-23-6-8-39-9-7-23)16-26(19-41-22)24-4-5-32-30(15-24)37(45-44-32)34-18-29-31(20-40-21-35(29)42-34)25-13-27(38)17-28(14-25)48-11-10-46(2)3/h4-5,13-23,39,41-42H,6-12H2,1-3H3,(H,43,47)(H,44,45). The van der Waals surface area contributed by atoms with Gasteiger partial charge in [0.15, 0.2) is 0 Å². The van der Waals surface area contributed by atoms with Crippen molar-refractivity contribution in [2.75, 3.05) is 40.3 Å². The number of fused-ring (bicyclic) bond motifs is 2. The first kappa shape index (κ1) is 31.6. The van der Waals surface area contributed by atoms with Gasteiger partial charge in [-0.1, -0.05) is 6.07 Å². The number of hydrogen-bond acceptors (Lipinski definition) is 7. The Bertz CT molecular complexity index is 2020. The summed E-state index contributed by atoms with van der Waals surface area (Å²) in [6, 6.07) is 13.0. The van der Waals surface area contributed by atoms with Crippen LogP contribution in [0.3, 0.4) is 0 Å². The molecular formula is C37H41FN8O2. The number of halogens is 1. The highest BCUT2D eigenvalue weighted by molar-refractivity contribution is 6.01. The predicted molar refractivity (Wildman–Crippen MR) is 188 cm³/mol. The minimum absolute atomic E-state index is 0.00753. The molecule has 0 aliphatic carbocycles. The van der Waals surface area contributed by atoms with Crippen molar-refractivity contribution in [3.63, 3.8) is 0 Å². The van der Waals surface area contributed by atoms with Crippen molar-refractivity contribution in [3.05, 3.63) is 84.2 Å². The van der Waals surface area contributed by atoms with Crippen LogP contribution in [0.4, 0.5) is 4.39 Å². The van der Waals surface area contributed by atoms with Crippen molar-refractivity contribution in [2.24, 2.45) is 5.92 Å². The summed E-state index contributed by atoms with van der Waals surface area (Å²) in [7, 11) is 3.94. The lowest BCUT2D eigenvalue weighted by molar-refractivity contribution is -0.121. The first-order valence-corrected chi connectivity index (χ1v) is 16.5. The molecule has 1 saturated heterocycles. The van der Waals surface area contributed by atoms with Gasteiger partial charge in [0.05, 0.1) is 29.0 Å². The molecule has 7 rings (SSSR count). The second-order valence-corrected chi connectivity index (χ2v) is 13.0. The van der Waals surface area contributed by atoms with Crippen molar-refractivity contribution < 1.29 is 13.9 Å². The number of rotatable bonds is 10. The monoisotopic (exact) mass is 648 g/mol. The molecule has 10 nitrogen and oxygen atoms in total. The quantitative estimate of drug-likeness (QED) is 0.134. The highest BCUT2D eigenvalue weighted by Gasteiger charge is 2.21. The molecule has 2 aromatic carbocycles. The SMILES string of the molecule is CC1NC=C(c2ccc3[nH]nc(-c4cc5c(-c6cc(F)cc(OCCN(C)C)c6)cncc5[nH]4)c3c2)C=C1NC(=O)CC1CCNCC1. The van der Waals surface area contributed by atoms with E-state index in [0.717, 1.165) is 88.1 Å². The molecule has 0 saturated carbocycles. The lowest BCUT2D eigenvalue weighted by Gasteiger charge is -2.25. The van der Waals surface area contributed by atoms with Gasteiger partial charge in [0.1, 0.15) is 23.9 Å². The van der Waals surface area contributed by atoms with Crippen LogP contribution in [0.5, 0.6) is 5.75 Å². The largest absolute Gasteiger partial charge is 0.492 e. The van der Waals surface area contributed by atoms with E-state index in [1.807, 2.05) is 56.4 Å². The van der Waals surface area contributed by atoms with Crippen LogP contribution in [-0.4, -0.2) is 77.4 Å². The third-order valence-corrected chi connectivity index (χ3v) is 9.17. The Balaban J connectivity index is 1.16. The summed E-state index contributed by atoms with van der Waals surface area (Å²) < 4.78 is 20.6. The number of dihydropyridines is 1. The van der Waals surface area contributed by atoms with Gasteiger partial charge in [-0.05, 0) is 106 Å². The van der Waals surface area contributed by atoms with E-state index in [9.17, 15) is 9.18 Å². The molecule has 1 fully saturated rings. The van der Waals surface area contributed by atoms with Gasteiger partial charge in [-0.15, -0.1) is 0 Å². The molecule has 1 atom stereocenters. The molecule has 1 unspecified atom stereocenters. The third-order valence-electron chi connectivity index (χ3n) is 9.17. The van der Waals surface area contributed by atoms with Crippen LogP contribution in [0.25, 0.3) is 49.9 Å². The highest BCUT2D eigenvalue weighted by atomic mass is 19.1. The van der Waals surface area contributed by atoms with Gasteiger partial charge in [-0.25, -0.2) is 4.39 Å². The number of piperidine rings is 1. The van der Waals surface area contributed by atoms with E-state index in [2.05, 4.69) is 48.3 Å². The van der Waals surface area contributed by atoms with Crippen molar-refractivity contribution >= 4 is 33.3 Å². The summed E-state index contributed by atoms with van der Waals surface area (Å²) >= 11 is 0. The van der Waals surface area contributed by atoms with E-state index in [1.54, 1.807) is 12.4 Å². The van der Waals surface area contributed by atoms with E-state index in [-0.39, 0.29) is 17.8 Å². The molecule has 5 heterocycles. The molecule has 248 valence electrons. The molecule has 5 aromatic rings. The molecule has 0 bridgehead atoms. The molecule has 1 amide bonds. The van der Waals surface area contributed by atoms with Crippen molar-refractivity contribution in [2.45, 2.75) is 32.2 Å². The first-order chi connectivity index (χ1) is 23.3. The van der Waals surface area contributed by atoms with Crippen LogP contribution >= 0.6 is 0 Å². The number of allylic oxidation sites excluding steroid dienone is 2. The lowest BCUT2D eigenvalue weighted by atomic mass is 9.94. The van der Waals surface area contributed by atoms with E-state index >= 15 is 0 Å². The molecule has 48 heavy (non-hydrogen) atoms. The van der Waals surface area contributed by atoms with Gasteiger partial charge in [0.25, 0.3) is 0 Å². The number of nitrogens with zero attached hydrogens (tertiary/aromatic N) is 3. The van der Waals surface area contributed by atoms with Crippen LogP contribution in [0.1, 0.15) is 31.7 Å². The zero-order valence-corrected chi connectivity index (χ0v) is 27.5. The zero-order valence-electron chi connectivity index (χ0n) is 27.5. The van der Waals surface area contributed by atoms with Crippen molar-refractivity contribution in [3.8, 4) is 28.3 Å². The molecule has 5 N–H and O–H groups in total. The number of aromatic amines is 2. The van der Waals surface area contributed by atoms with Gasteiger partial charge in [0.2, 0.25) is 5.91 Å². The van der Waals surface area contributed by atoms with E-state index in [0.29, 0.717) is 30.3 Å². The highest BCUT2D eigenvalue weighted by Crippen LogP contribution is 2.36. The predicted octanol–water partition coefficient (Wildman–Crippen LogP) is 5.58. The first-order valence-electron chi connectivity index (χ1n) is 16.5. The Kier molecular flexibility index (Phi) is 8.96. The number of likely N-dealkylation sites (N-methyl/N-ethyl adjacent to an activating group) is 1. The Hall–Kier alpha value is -5.00. The van der Waals surface area contributed by atoms with E-state index in [4.69, 9.17) is 4.74 Å². The molecular weight excluding hydrogens is 607 g/mol. The van der Waals surface area contributed by atoms with Crippen molar-refractivity contribution in [1.82, 2.24) is 41.0 Å². The van der Waals surface area contributed by atoms with Crippen LogP contribution in [0.15, 0.2) is 72.8 Å². The Morgan fingerprint density at radius 2 is 1.90 bits per heavy atom. The Labute approximate surface area is 278 Å². The van der Waals surface area contributed by atoms with Crippen molar-refractivity contribution in [1.29, 1.82) is 0 Å². The van der Waals surface area contributed by atoms with Gasteiger partial charge in [-0.2, -0.15) is 5.10 Å². The minimum atomic E-state index is -0.370. The van der Waals surface area contributed by atoms with Gasteiger partial charge >= 0.3 is 0 Å². The maximum absolute atomic E-state index is 14.7. The number of ether oxygens (including phenoxy) is 1. The fraction of sp³-hybridized carbons (Fsp3) is 0.324. The summed E-state index contributed by atoms with van der Waals surface area (Å²) in [6.07, 6.45) is 10.2. The second kappa shape index (κ2) is 13.6. The number of H-pyrrole nitrogens is 2. The normalized spacial score (nSPS) is 17.0. The number of hydrogen-bond donors (Lipinski definition) is 5. The van der Waals surface area contributed by atoms with E-state index < -0.39 is 0 Å². The molecule has 2 aliphatic heterocycles. The van der Waals surface area contributed by atoms with Gasteiger partial charge in [0, 0.05) is 53.5 Å². The lowest BCUT2D eigenvalue weighted by Crippen LogP contribution is -2.38. The van der Waals surface area contributed by atoms with Crippen LogP contribution in [0, 0.1) is 11.7 Å². The second-order valence-electron chi connectivity index (χ2n) is 13.0. The average Bonchev–Trinajstić information content (AvgIpc) is 3.70. The Morgan fingerprint density at radius 3 is 2.73 bits per heavy atom. The summed E-state index contributed by atoms with van der Waals surface area (Å²) in [4.78, 5) is 22.9. The van der Waals surface area contributed by atoms with Crippen LogP contribution < -0.4 is 20.7 Å². The minimum Gasteiger partial charge on any atom is -0.492 e. The number of amides is 1. The van der Waals surface area contributed by atoms with Gasteiger partial charge in [-0.3, -0.25) is 14.9 Å². The summed E-state index contributed by atoms with van der Waals surface area (Å²) in [6.45, 7) is 5.17. The fourth-order valence-corrected chi connectivity index (χ4v) is 6.47. The molecule has 0 spiro atoms. The summed E-state index contributed by atoms with van der Waals surface area (Å²) in [5, 5.41) is 19.6. The summed E-state index contributed by atoms with van der Waals surface area (Å²) in [5.74, 6) is 0.593. The number of aromatic nitrogens is 4. The number of carbonyl (C=O) groups is 1. The smallest absolute Gasteiger partial charge is 0.224 e. The number of nitrogens with one attached hydrogen (secondary N) is 5. The molecule has 2 aliphatic rings. The van der Waals surface area contributed by atoms with Crippen LogP contribution in [0.2, 0.25) is 0 Å². The zero-order chi connectivity index (χ0) is 33.2. The average molecular weight is 649 g/mol. The van der Waals surface area contributed by atoms with E-state index in [1.165, 1.54) is 12.1 Å². The number of carbonyl (C=O) groups excluding carboxylic acids is 1. The maximum atomic E-state index is 14.7.